The van der Waals surface area contributed by atoms with E-state index in [1.54, 1.807) is 0 Å². The van der Waals surface area contributed by atoms with E-state index in [0.29, 0.717) is 0 Å². The summed E-state index contributed by atoms with van der Waals surface area (Å²) in [5.74, 6) is 0.721. The Hall–Kier alpha value is -1.02. The lowest BCUT2D eigenvalue weighted by molar-refractivity contribution is 0.707. The molecule has 2 rings (SSSR count). The van der Waals surface area contributed by atoms with Crippen LogP contribution in [0.25, 0.3) is 0 Å². The van der Waals surface area contributed by atoms with Crippen molar-refractivity contribution in [2.45, 2.75) is 19.3 Å². The fourth-order valence-electron chi connectivity index (χ4n) is 1.74. The summed E-state index contributed by atoms with van der Waals surface area (Å²) in [6.07, 6.45) is 3.20. The van der Waals surface area contributed by atoms with E-state index in [1.807, 2.05) is 24.3 Å². The topological polar surface area (TPSA) is 27.1 Å². The third-order valence-corrected chi connectivity index (χ3v) is 2.76. The highest BCUT2D eigenvalue weighted by atomic mass is 35.5. The van der Waals surface area contributed by atoms with Crippen molar-refractivity contribution in [3.63, 3.8) is 0 Å². The standard InChI is InChI=1S/C11H13ClN2/c12-9-4-6-10(7-5-9)14-8-2-1-3-11(14)13/h4-7,13H,1-3,8H2. The molecule has 1 aliphatic heterocycles. The van der Waals surface area contributed by atoms with Crippen molar-refractivity contribution in [1.82, 2.24) is 0 Å². The molecule has 1 N–H and O–H groups in total. The average Bonchev–Trinajstić information content (AvgIpc) is 2.20. The van der Waals surface area contributed by atoms with Crippen LogP contribution < -0.4 is 4.90 Å². The van der Waals surface area contributed by atoms with Crippen LogP contribution in [-0.2, 0) is 0 Å². The van der Waals surface area contributed by atoms with Gasteiger partial charge in [-0.2, -0.15) is 0 Å². The molecule has 14 heavy (non-hydrogen) atoms. The zero-order chi connectivity index (χ0) is 9.97. The number of nitrogens with one attached hydrogen (secondary N) is 1. The summed E-state index contributed by atoms with van der Waals surface area (Å²) in [6, 6.07) is 7.70. The first-order chi connectivity index (χ1) is 6.77. The minimum absolute atomic E-state index is 0.721. The smallest absolute Gasteiger partial charge is 0.100 e. The second-order valence-electron chi connectivity index (χ2n) is 3.53. The SMILES string of the molecule is N=C1CCCCN1c1ccc(Cl)cc1. The van der Waals surface area contributed by atoms with Crippen molar-refractivity contribution in [2.24, 2.45) is 0 Å². The molecule has 1 heterocycles. The minimum atomic E-state index is 0.721. The summed E-state index contributed by atoms with van der Waals surface area (Å²) in [4.78, 5) is 2.06. The molecule has 0 saturated carbocycles. The summed E-state index contributed by atoms with van der Waals surface area (Å²) in [5.41, 5.74) is 1.08. The Kier molecular flexibility index (Phi) is 2.73. The van der Waals surface area contributed by atoms with Gasteiger partial charge >= 0.3 is 0 Å². The first-order valence-electron chi connectivity index (χ1n) is 4.88. The Balaban J connectivity index is 2.20. The Morgan fingerprint density at radius 3 is 2.50 bits per heavy atom. The maximum absolute atomic E-state index is 7.83. The number of anilines is 1. The zero-order valence-electron chi connectivity index (χ0n) is 7.96. The molecule has 0 atom stereocenters. The molecule has 0 spiro atoms. The van der Waals surface area contributed by atoms with Crippen molar-refractivity contribution in [3.05, 3.63) is 29.3 Å². The van der Waals surface area contributed by atoms with Gasteiger partial charge < -0.3 is 4.90 Å². The highest BCUT2D eigenvalue weighted by molar-refractivity contribution is 6.30. The number of hydrogen-bond acceptors (Lipinski definition) is 1. The minimum Gasteiger partial charge on any atom is -0.330 e. The lowest BCUT2D eigenvalue weighted by atomic mass is 10.1. The number of nitrogens with zero attached hydrogens (tertiary/aromatic N) is 1. The van der Waals surface area contributed by atoms with Gasteiger partial charge in [0.05, 0.1) is 0 Å². The lowest BCUT2D eigenvalue weighted by Crippen LogP contribution is -2.34. The zero-order valence-corrected chi connectivity index (χ0v) is 8.72. The summed E-state index contributed by atoms with van der Waals surface area (Å²) in [7, 11) is 0. The van der Waals surface area contributed by atoms with E-state index >= 15 is 0 Å². The molecule has 2 nitrogen and oxygen atoms in total. The summed E-state index contributed by atoms with van der Waals surface area (Å²) < 4.78 is 0. The van der Waals surface area contributed by atoms with Crippen LogP contribution in [-0.4, -0.2) is 12.4 Å². The van der Waals surface area contributed by atoms with Gasteiger partial charge in [0, 0.05) is 23.7 Å². The summed E-state index contributed by atoms with van der Waals surface area (Å²) in [5, 5.41) is 8.58. The first-order valence-corrected chi connectivity index (χ1v) is 5.26. The number of hydrogen-bond donors (Lipinski definition) is 1. The molecule has 3 heteroatoms. The van der Waals surface area contributed by atoms with E-state index in [2.05, 4.69) is 4.90 Å². The summed E-state index contributed by atoms with van der Waals surface area (Å²) >= 11 is 5.81. The van der Waals surface area contributed by atoms with Crippen LogP contribution in [0.5, 0.6) is 0 Å². The normalized spacial score (nSPS) is 17.2. The highest BCUT2D eigenvalue weighted by Crippen LogP contribution is 2.22. The predicted molar refractivity (Wildman–Crippen MR) is 60.4 cm³/mol. The van der Waals surface area contributed by atoms with E-state index in [4.69, 9.17) is 17.0 Å². The van der Waals surface area contributed by atoms with Gasteiger partial charge in [-0.25, -0.2) is 0 Å². The molecule has 0 aliphatic carbocycles. The third kappa shape index (κ3) is 1.90. The van der Waals surface area contributed by atoms with Crippen LogP contribution in [0.1, 0.15) is 19.3 Å². The van der Waals surface area contributed by atoms with Crippen molar-refractivity contribution >= 4 is 23.1 Å². The maximum Gasteiger partial charge on any atom is 0.100 e. The molecule has 1 saturated heterocycles. The van der Waals surface area contributed by atoms with E-state index in [9.17, 15) is 0 Å². The Labute approximate surface area is 89.0 Å². The monoisotopic (exact) mass is 208 g/mol. The Morgan fingerprint density at radius 2 is 1.86 bits per heavy atom. The van der Waals surface area contributed by atoms with Crippen molar-refractivity contribution in [3.8, 4) is 0 Å². The second-order valence-corrected chi connectivity index (χ2v) is 3.97. The van der Waals surface area contributed by atoms with Gasteiger partial charge in [0.1, 0.15) is 5.84 Å². The Morgan fingerprint density at radius 1 is 1.14 bits per heavy atom. The number of rotatable bonds is 1. The maximum atomic E-state index is 7.83. The predicted octanol–water partition coefficient (Wildman–Crippen LogP) is 3.31. The average molecular weight is 209 g/mol. The molecule has 0 amide bonds. The van der Waals surface area contributed by atoms with Crippen LogP contribution in [0, 0.1) is 5.41 Å². The van der Waals surface area contributed by atoms with Crippen LogP contribution in [0.3, 0.4) is 0 Å². The van der Waals surface area contributed by atoms with Crippen LogP contribution in [0.15, 0.2) is 24.3 Å². The molecular formula is C11H13ClN2. The van der Waals surface area contributed by atoms with E-state index in [0.717, 1.165) is 35.9 Å². The molecule has 0 unspecified atom stereocenters. The molecule has 74 valence electrons. The number of amidine groups is 1. The molecule has 0 aromatic heterocycles. The van der Waals surface area contributed by atoms with Gasteiger partial charge in [0.15, 0.2) is 0 Å². The fraction of sp³-hybridized carbons (Fsp3) is 0.364. The van der Waals surface area contributed by atoms with Gasteiger partial charge in [-0.1, -0.05) is 11.6 Å². The molecule has 0 bridgehead atoms. The largest absolute Gasteiger partial charge is 0.330 e. The Bertz CT molecular complexity index is 332. The van der Waals surface area contributed by atoms with Crippen LogP contribution >= 0.6 is 11.6 Å². The first kappa shape index (κ1) is 9.53. The van der Waals surface area contributed by atoms with E-state index in [-0.39, 0.29) is 0 Å². The van der Waals surface area contributed by atoms with Crippen LogP contribution in [0.4, 0.5) is 5.69 Å². The van der Waals surface area contributed by atoms with Crippen molar-refractivity contribution in [2.75, 3.05) is 11.4 Å². The second kappa shape index (κ2) is 4.01. The van der Waals surface area contributed by atoms with E-state index in [1.165, 1.54) is 6.42 Å². The lowest BCUT2D eigenvalue weighted by Gasteiger charge is -2.29. The summed E-state index contributed by atoms with van der Waals surface area (Å²) in [6.45, 7) is 0.959. The van der Waals surface area contributed by atoms with Gasteiger partial charge in [-0.3, -0.25) is 5.41 Å². The number of benzene rings is 1. The third-order valence-electron chi connectivity index (χ3n) is 2.51. The number of piperidine rings is 1. The van der Waals surface area contributed by atoms with Crippen molar-refractivity contribution in [1.29, 1.82) is 5.41 Å². The quantitative estimate of drug-likeness (QED) is 0.753. The molecule has 0 radical (unpaired) electrons. The number of halogens is 1. The fourth-order valence-corrected chi connectivity index (χ4v) is 1.86. The van der Waals surface area contributed by atoms with Crippen LogP contribution in [0.2, 0.25) is 5.02 Å². The van der Waals surface area contributed by atoms with Gasteiger partial charge in [-0.15, -0.1) is 0 Å². The highest BCUT2D eigenvalue weighted by Gasteiger charge is 2.15. The molecular weight excluding hydrogens is 196 g/mol. The molecule has 1 aliphatic rings. The molecule has 1 aromatic rings. The van der Waals surface area contributed by atoms with Gasteiger partial charge in [0.25, 0.3) is 0 Å². The molecule has 1 fully saturated rings. The van der Waals surface area contributed by atoms with E-state index < -0.39 is 0 Å². The van der Waals surface area contributed by atoms with Gasteiger partial charge in [-0.05, 0) is 37.1 Å². The van der Waals surface area contributed by atoms with Gasteiger partial charge in [0.2, 0.25) is 0 Å². The molecule has 1 aromatic carbocycles. The van der Waals surface area contributed by atoms with Crippen molar-refractivity contribution < 1.29 is 0 Å².